The summed E-state index contributed by atoms with van der Waals surface area (Å²) in [6, 6.07) is 6.05. The zero-order valence-corrected chi connectivity index (χ0v) is 9.18. The predicted molar refractivity (Wildman–Crippen MR) is 54.7 cm³/mol. The molecule has 68 valence electrons. The molecule has 1 rings (SSSR count). The molecule has 13 heavy (non-hydrogen) atoms. The summed E-state index contributed by atoms with van der Waals surface area (Å²) in [5.74, 6) is 0.757. The smallest absolute Gasteiger partial charge is 0.137 e. The van der Waals surface area contributed by atoms with E-state index in [1.54, 1.807) is 7.11 Å². The van der Waals surface area contributed by atoms with Crippen molar-refractivity contribution in [3.63, 3.8) is 0 Å². The third kappa shape index (κ3) is 2.22. The Morgan fingerprint density at radius 1 is 1.54 bits per heavy atom. The van der Waals surface area contributed by atoms with E-state index in [9.17, 15) is 0 Å². The Hall–Kier alpha value is -1.01. The van der Waals surface area contributed by atoms with Gasteiger partial charge in [0.15, 0.2) is 0 Å². The van der Waals surface area contributed by atoms with E-state index in [0.717, 1.165) is 21.3 Å². The van der Waals surface area contributed by atoms with Crippen molar-refractivity contribution in [2.24, 2.45) is 0 Å². The molecule has 0 saturated carbocycles. The molecular weight excluding hydrogens is 230 g/mol. The summed E-state index contributed by atoms with van der Waals surface area (Å²) < 4.78 is 6.09. The lowest BCUT2D eigenvalue weighted by Crippen LogP contribution is -1.93. The monoisotopic (exact) mass is 239 g/mol. The first kappa shape index (κ1) is 10.1. The highest BCUT2D eigenvalue weighted by Gasteiger charge is 2.07. The third-order valence-corrected chi connectivity index (χ3v) is 2.33. The van der Waals surface area contributed by atoms with Gasteiger partial charge in [-0.05, 0) is 34.5 Å². The van der Waals surface area contributed by atoms with Crippen LogP contribution in [0.4, 0.5) is 0 Å². The van der Waals surface area contributed by atoms with Gasteiger partial charge in [-0.2, -0.15) is 5.26 Å². The fraction of sp³-hybridized carbons (Fsp3) is 0.300. The highest BCUT2D eigenvalue weighted by molar-refractivity contribution is 9.10. The summed E-state index contributed by atoms with van der Waals surface area (Å²) in [7, 11) is 1.61. The Kier molecular flexibility index (Phi) is 3.32. The number of aryl methyl sites for hydroxylation is 1. The van der Waals surface area contributed by atoms with E-state index in [4.69, 9.17) is 10.00 Å². The van der Waals surface area contributed by atoms with Gasteiger partial charge in [-0.15, -0.1) is 0 Å². The van der Waals surface area contributed by atoms with Gasteiger partial charge in [0, 0.05) is 5.56 Å². The van der Waals surface area contributed by atoms with Crippen LogP contribution in [0.5, 0.6) is 5.75 Å². The number of nitriles is 1. The molecule has 0 fully saturated rings. The van der Waals surface area contributed by atoms with Gasteiger partial charge in [-0.1, -0.05) is 6.07 Å². The third-order valence-electron chi connectivity index (χ3n) is 1.74. The number of methoxy groups -OCH3 is 1. The van der Waals surface area contributed by atoms with Crippen LogP contribution in [0, 0.1) is 18.3 Å². The molecule has 0 N–H and O–H groups in total. The topological polar surface area (TPSA) is 33.0 Å². The number of nitrogens with zero attached hydrogens (tertiary/aromatic N) is 1. The average molecular weight is 240 g/mol. The molecule has 3 heteroatoms. The number of halogens is 1. The highest BCUT2D eigenvalue weighted by Crippen LogP contribution is 2.30. The first-order valence-corrected chi connectivity index (χ1v) is 4.68. The normalized spacial score (nSPS) is 9.38. The molecule has 0 aromatic heterocycles. The van der Waals surface area contributed by atoms with Crippen LogP contribution in [0.15, 0.2) is 16.6 Å². The fourth-order valence-electron chi connectivity index (χ4n) is 1.25. The summed E-state index contributed by atoms with van der Waals surface area (Å²) in [4.78, 5) is 0. The van der Waals surface area contributed by atoms with Crippen LogP contribution in [0.2, 0.25) is 0 Å². The van der Waals surface area contributed by atoms with E-state index < -0.39 is 0 Å². The zero-order valence-electron chi connectivity index (χ0n) is 7.60. The van der Waals surface area contributed by atoms with Crippen LogP contribution in [0.3, 0.4) is 0 Å². The van der Waals surface area contributed by atoms with Crippen molar-refractivity contribution in [2.45, 2.75) is 13.3 Å². The van der Waals surface area contributed by atoms with E-state index in [2.05, 4.69) is 22.0 Å². The van der Waals surface area contributed by atoms with Gasteiger partial charge >= 0.3 is 0 Å². The highest BCUT2D eigenvalue weighted by atomic mass is 79.9. The molecule has 0 saturated heterocycles. The zero-order chi connectivity index (χ0) is 9.84. The van der Waals surface area contributed by atoms with Gasteiger partial charge in [-0.25, -0.2) is 0 Å². The molecule has 0 aliphatic rings. The molecule has 0 atom stereocenters. The lowest BCUT2D eigenvalue weighted by Gasteiger charge is -2.08. The van der Waals surface area contributed by atoms with E-state index in [-0.39, 0.29) is 0 Å². The van der Waals surface area contributed by atoms with Gasteiger partial charge in [0.2, 0.25) is 0 Å². The maximum absolute atomic E-state index is 8.60. The van der Waals surface area contributed by atoms with Crippen molar-refractivity contribution in [1.82, 2.24) is 0 Å². The maximum atomic E-state index is 8.60. The lowest BCUT2D eigenvalue weighted by molar-refractivity contribution is 0.408. The van der Waals surface area contributed by atoms with Gasteiger partial charge in [0.05, 0.1) is 24.1 Å². The van der Waals surface area contributed by atoms with E-state index >= 15 is 0 Å². The van der Waals surface area contributed by atoms with Crippen molar-refractivity contribution in [1.29, 1.82) is 5.26 Å². The molecule has 1 aromatic carbocycles. The number of rotatable bonds is 2. The molecule has 0 radical (unpaired) electrons. The minimum absolute atomic E-state index is 0.378. The van der Waals surface area contributed by atoms with E-state index in [0.29, 0.717) is 6.42 Å². The molecule has 0 spiro atoms. The first-order valence-electron chi connectivity index (χ1n) is 3.89. The number of ether oxygens (including phenoxy) is 1. The van der Waals surface area contributed by atoms with Gasteiger partial charge < -0.3 is 4.74 Å². The fourth-order valence-corrected chi connectivity index (χ4v) is 2.02. The van der Waals surface area contributed by atoms with Crippen molar-refractivity contribution in [3.05, 3.63) is 27.7 Å². The van der Waals surface area contributed by atoms with Crippen LogP contribution in [-0.4, -0.2) is 7.11 Å². The molecule has 1 aromatic rings. The minimum Gasteiger partial charge on any atom is -0.495 e. The molecule has 0 aliphatic carbocycles. The molecular formula is C10H10BrNO. The second-order valence-electron chi connectivity index (χ2n) is 2.77. The van der Waals surface area contributed by atoms with Crippen molar-refractivity contribution in [2.75, 3.05) is 7.11 Å². The maximum Gasteiger partial charge on any atom is 0.137 e. The SMILES string of the molecule is COc1c(Br)cc(C)cc1CC#N. The molecule has 0 amide bonds. The van der Waals surface area contributed by atoms with Gasteiger partial charge in [-0.3, -0.25) is 0 Å². The first-order chi connectivity index (χ1) is 6.19. The van der Waals surface area contributed by atoms with E-state index in [1.165, 1.54) is 0 Å². The largest absolute Gasteiger partial charge is 0.495 e. The standard InChI is InChI=1S/C10H10BrNO/c1-7-5-8(3-4-12)10(13-2)9(11)6-7/h5-6H,3H2,1-2H3. The Labute approximate surface area is 86.3 Å². The summed E-state index contributed by atoms with van der Waals surface area (Å²) in [6.45, 7) is 1.99. The lowest BCUT2D eigenvalue weighted by atomic mass is 10.1. The van der Waals surface area contributed by atoms with Crippen LogP contribution < -0.4 is 4.74 Å². The number of hydrogen-bond donors (Lipinski definition) is 0. The molecule has 0 aliphatic heterocycles. The summed E-state index contributed by atoms with van der Waals surface area (Å²) in [5, 5.41) is 8.60. The Bertz CT molecular complexity index is 355. The van der Waals surface area contributed by atoms with Crippen molar-refractivity contribution >= 4 is 15.9 Å². The summed E-state index contributed by atoms with van der Waals surface area (Å²) in [5.41, 5.74) is 2.05. The molecule has 0 bridgehead atoms. The minimum atomic E-state index is 0.378. The molecule has 0 unspecified atom stereocenters. The Balaban J connectivity index is 3.23. The molecule has 0 heterocycles. The number of benzene rings is 1. The second kappa shape index (κ2) is 4.29. The van der Waals surface area contributed by atoms with Crippen molar-refractivity contribution < 1.29 is 4.74 Å². The predicted octanol–water partition coefficient (Wildman–Crippen LogP) is 2.83. The Morgan fingerprint density at radius 3 is 2.77 bits per heavy atom. The van der Waals surface area contributed by atoms with Crippen LogP contribution >= 0.6 is 15.9 Å². The second-order valence-corrected chi connectivity index (χ2v) is 3.63. The molecule has 2 nitrogen and oxygen atoms in total. The van der Waals surface area contributed by atoms with Gasteiger partial charge in [0.25, 0.3) is 0 Å². The Morgan fingerprint density at radius 2 is 2.23 bits per heavy atom. The van der Waals surface area contributed by atoms with Crippen LogP contribution in [0.25, 0.3) is 0 Å². The van der Waals surface area contributed by atoms with Crippen LogP contribution in [0.1, 0.15) is 11.1 Å². The average Bonchev–Trinajstić information content (AvgIpc) is 2.04. The summed E-state index contributed by atoms with van der Waals surface area (Å²) >= 11 is 3.39. The van der Waals surface area contributed by atoms with Crippen molar-refractivity contribution in [3.8, 4) is 11.8 Å². The number of hydrogen-bond acceptors (Lipinski definition) is 2. The quantitative estimate of drug-likeness (QED) is 0.796. The van der Waals surface area contributed by atoms with E-state index in [1.807, 2.05) is 19.1 Å². The summed E-state index contributed by atoms with van der Waals surface area (Å²) in [6.07, 6.45) is 0.378. The van der Waals surface area contributed by atoms with Crippen LogP contribution in [-0.2, 0) is 6.42 Å². The van der Waals surface area contributed by atoms with Gasteiger partial charge in [0.1, 0.15) is 5.75 Å².